The molecule has 2 heterocycles. The van der Waals surface area contributed by atoms with E-state index in [4.69, 9.17) is 0 Å². The number of halogens is 3. The van der Waals surface area contributed by atoms with Crippen molar-refractivity contribution < 1.29 is 13.2 Å². The number of hydrogen-bond donors (Lipinski definition) is 1. The second-order valence-corrected chi connectivity index (χ2v) is 5.12. The normalized spacial score (nSPS) is 16.0. The molecule has 2 rings (SSSR count). The summed E-state index contributed by atoms with van der Waals surface area (Å²) in [4.78, 5) is 6.20. The van der Waals surface area contributed by atoms with Gasteiger partial charge < -0.3 is 10.2 Å². The van der Waals surface area contributed by atoms with Gasteiger partial charge in [-0.1, -0.05) is 19.1 Å². The molecule has 0 saturated carbocycles. The molecule has 0 amide bonds. The Bertz CT molecular complexity index is 480. The van der Waals surface area contributed by atoms with Crippen molar-refractivity contribution in [2.45, 2.75) is 32.5 Å². The lowest BCUT2D eigenvalue weighted by Gasteiger charge is -2.28. The van der Waals surface area contributed by atoms with E-state index in [1.165, 1.54) is 6.08 Å². The molecule has 0 aromatic carbocycles. The van der Waals surface area contributed by atoms with Gasteiger partial charge in [-0.05, 0) is 31.0 Å². The van der Waals surface area contributed by atoms with Crippen molar-refractivity contribution in [1.82, 2.24) is 10.3 Å². The van der Waals surface area contributed by atoms with Crippen LogP contribution in [0.1, 0.15) is 25.3 Å². The van der Waals surface area contributed by atoms with E-state index < -0.39 is 11.7 Å². The molecule has 0 fully saturated rings. The third-order valence-electron chi connectivity index (χ3n) is 3.46. The van der Waals surface area contributed by atoms with Crippen molar-refractivity contribution in [3.8, 4) is 0 Å². The van der Waals surface area contributed by atoms with Crippen LogP contribution in [0.25, 0.3) is 0 Å². The van der Waals surface area contributed by atoms with Crippen molar-refractivity contribution in [1.29, 1.82) is 0 Å². The molecule has 0 unspecified atom stereocenters. The molecular weight excluding hydrogens is 279 g/mol. The first-order valence-corrected chi connectivity index (χ1v) is 7.17. The molecule has 0 saturated heterocycles. The third-order valence-corrected chi connectivity index (χ3v) is 3.46. The highest BCUT2D eigenvalue weighted by atomic mass is 19.4. The molecule has 3 nitrogen and oxygen atoms in total. The summed E-state index contributed by atoms with van der Waals surface area (Å²) in [6.07, 6.45) is -0.0741. The molecule has 1 aromatic rings. The van der Waals surface area contributed by atoms with Crippen LogP contribution in [0.2, 0.25) is 0 Å². The maximum Gasteiger partial charge on any atom is 0.412 e. The van der Waals surface area contributed by atoms with E-state index >= 15 is 0 Å². The van der Waals surface area contributed by atoms with Crippen LogP contribution in [0.15, 0.2) is 30.0 Å². The summed E-state index contributed by atoms with van der Waals surface area (Å²) in [6, 6.07) is 3.84. The molecule has 21 heavy (non-hydrogen) atoms. The van der Waals surface area contributed by atoms with Crippen molar-refractivity contribution >= 4 is 5.82 Å². The second kappa shape index (κ2) is 6.93. The summed E-state index contributed by atoms with van der Waals surface area (Å²) in [6.45, 7) is 4.44. The van der Waals surface area contributed by atoms with Gasteiger partial charge in [-0.3, -0.25) is 0 Å². The van der Waals surface area contributed by atoms with Gasteiger partial charge in [0.05, 0.1) is 0 Å². The van der Waals surface area contributed by atoms with E-state index in [-0.39, 0.29) is 13.0 Å². The Labute approximate surface area is 122 Å². The average Bonchev–Trinajstić information content (AvgIpc) is 2.48. The molecule has 0 radical (unpaired) electrons. The molecule has 6 heteroatoms. The van der Waals surface area contributed by atoms with Crippen LogP contribution in [0.4, 0.5) is 19.0 Å². The highest BCUT2D eigenvalue weighted by Crippen LogP contribution is 2.31. The average molecular weight is 299 g/mol. The van der Waals surface area contributed by atoms with Gasteiger partial charge in [-0.15, -0.1) is 0 Å². The minimum Gasteiger partial charge on any atom is -0.353 e. The lowest BCUT2D eigenvalue weighted by molar-refractivity contribution is -0.0944. The number of nitrogens with one attached hydrogen (secondary N) is 1. The van der Waals surface area contributed by atoms with Gasteiger partial charge in [0.25, 0.3) is 0 Å². The monoisotopic (exact) mass is 299 g/mol. The van der Waals surface area contributed by atoms with E-state index in [1.807, 2.05) is 17.0 Å². The Kier molecular flexibility index (Phi) is 5.22. The fourth-order valence-corrected chi connectivity index (χ4v) is 2.25. The molecule has 0 spiro atoms. The van der Waals surface area contributed by atoms with Crippen LogP contribution in [0.5, 0.6) is 0 Å². The van der Waals surface area contributed by atoms with E-state index in [0.717, 1.165) is 30.9 Å². The third kappa shape index (κ3) is 4.46. The standard InChI is InChI=1S/C15H20F3N3/c1-2-7-19-10-12-3-4-14(20-11-12)21-8-5-13(6-9-21)15(16,17)18/h3-5,11,19H,2,6-10H2,1H3. The highest BCUT2D eigenvalue weighted by Gasteiger charge is 2.34. The molecule has 1 aliphatic heterocycles. The summed E-state index contributed by atoms with van der Waals surface area (Å²) in [5.74, 6) is 0.728. The van der Waals surface area contributed by atoms with Crippen LogP contribution in [-0.4, -0.2) is 30.8 Å². The van der Waals surface area contributed by atoms with Gasteiger partial charge in [0.1, 0.15) is 5.82 Å². The fourth-order valence-electron chi connectivity index (χ4n) is 2.25. The number of nitrogens with zero attached hydrogens (tertiary/aromatic N) is 2. The van der Waals surface area contributed by atoms with Crippen molar-refractivity contribution in [3.63, 3.8) is 0 Å². The summed E-state index contributed by atoms with van der Waals surface area (Å²) in [5, 5.41) is 3.28. The molecule has 0 bridgehead atoms. The highest BCUT2D eigenvalue weighted by molar-refractivity contribution is 5.42. The number of pyridine rings is 1. The molecule has 0 aliphatic carbocycles. The zero-order valence-electron chi connectivity index (χ0n) is 12.1. The summed E-state index contributed by atoms with van der Waals surface area (Å²) in [5.41, 5.74) is 0.648. The lowest BCUT2D eigenvalue weighted by Crippen LogP contribution is -2.32. The van der Waals surface area contributed by atoms with Crippen LogP contribution < -0.4 is 10.2 Å². The van der Waals surface area contributed by atoms with Crippen molar-refractivity contribution in [2.24, 2.45) is 0 Å². The first-order valence-electron chi connectivity index (χ1n) is 7.17. The second-order valence-electron chi connectivity index (χ2n) is 5.12. The number of rotatable bonds is 5. The maximum absolute atomic E-state index is 12.6. The summed E-state index contributed by atoms with van der Waals surface area (Å²) < 4.78 is 37.7. The number of aromatic nitrogens is 1. The lowest BCUT2D eigenvalue weighted by atomic mass is 10.1. The Hall–Kier alpha value is -1.56. The Morgan fingerprint density at radius 2 is 2.14 bits per heavy atom. The SMILES string of the molecule is CCCNCc1ccc(N2CC=C(C(F)(F)F)CC2)nc1. The zero-order chi connectivity index (χ0) is 15.3. The zero-order valence-corrected chi connectivity index (χ0v) is 12.1. The predicted molar refractivity (Wildman–Crippen MR) is 77.2 cm³/mol. The van der Waals surface area contributed by atoms with Gasteiger partial charge >= 0.3 is 6.18 Å². The number of hydrogen-bond acceptors (Lipinski definition) is 3. The van der Waals surface area contributed by atoms with Crippen molar-refractivity contribution in [2.75, 3.05) is 24.5 Å². The molecular formula is C15H20F3N3. The van der Waals surface area contributed by atoms with Gasteiger partial charge in [0.2, 0.25) is 0 Å². The topological polar surface area (TPSA) is 28.2 Å². The van der Waals surface area contributed by atoms with Gasteiger partial charge in [-0.25, -0.2) is 4.98 Å². The molecule has 0 atom stereocenters. The van der Waals surface area contributed by atoms with E-state index in [0.29, 0.717) is 6.54 Å². The van der Waals surface area contributed by atoms with Gasteiger partial charge in [0.15, 0.2) is 0 Å². The largest absolute Gasteiger partial charge is 0.412 e. The van der Waals surface area contributed by atoms with E-state index in [2.05, 4.69) is 17.2 Å². The number of anilines is 1. The minimum absolute atomic E-state index is 0.0188. The van der Waals surface area contributed by atoms with Gasteiger partial charge in [-0.2, -0.15) is 13.2 Å². The summed E-state index contributed by atoms with van der Waals surface area (Å²) in [7, 11) is 0. The van der Waals surface area contributed by atoms with Crippen LogP contribution in [-0.2, 0) is 6.54 Å². The van der Waals surface area contributed by atoms with E-state index in [1.54, 1.807) is 6.20 Å². The first kappa shape index (κ1) is 15.8. The molecule has 1 aliphatic rings. The Morgan fingerprint density at radius 1 is 1.33 bits per heavy atom. The van der Waals surface area contributed by atoms with E-state index in [9.17, 15) is 13.2 Å². The van der Waals surface area contributed by atoms with Crippen LogP contribution >= 0.6 is 0 Å². The van der Waals surface area contributed by atoms with Crippen molar-refractivity contribution in [3.05, 3.63) is 35.5 Å². The predicted octanol–water partition coefficient (Wildman–Crippen LogP) is 3.28. The van der Waals surface area contributed by atoms with Crippen LogP contribution in [0.3, 0.4) is 0 Å². The molecule has 1 aromatic heterocycles. The Balaban J connectivity index is 1.93. The maximum atomic E-state index is 12.6. The first-order chi connectivity index (χ1) is 10.0. The quantitative estimate of drug-likeness (QED) is 0.668. The Morgan fingerprint density at radius 3 is 2.67 bits per heavy atom. The molecule has 1 N–H and O–H groups in total. The number of alkyl halides is 3. The van der Waals surface area contributed by atoms with Crippen LogP contribution in [0, 0.1) is 0 Å². The summed E-state index contributed by atoms with van der Waals surface area (Å²) >= 11 is 0. The van der Waals surface area contributed by atoms with Gasteiger partial charge in [0, 0.05) is 31.4 Å². The fraction of sp³-hybridized carbons (Fsp3) is 0.533. The minimum atomic E-state index is -4.20. The smallest absolute Gasteiger partial charge is 0.353 e. The molecule has 116 valence electrons.